The quantitative estimate of drug-likeness (QED) is 0.517. The monoisotopic (exact) mass is 564 g/mol. The average Bonchev–Trinajstić information content (AvgIpc) is 2.89. The molecule has 37 heavy (non-hydrogen) atoms. The number of likely N-dealkylation sites (N-methyl/N-ethyl adjacent to an activating group) is 1. The lowest BCUT2D eigenvalue weighted by molar-refractivity contribution is -0.139. The molecule has 1 saturated heterocycles. The zero-order valence-electron chi connectivity index (χ0n) is 20.5. The van der Waals surface area contributed by atoms with Crippen molar-refractivity contribution >= 4 is 52.7 Å². The van der Waals surface area contributed by atoms with E-state index < -0.39 is 12.0 Å². The molecule has 0 aromatic heterocycles. The van der Waals surface area contributed by atoms with Crippen LogP contribution < -0.4 is 5.32 Å². The van der Waals surface area contributed by atoms with Gasteiger partial charge in [0.25, 0.3) is 5.91 Å². The fourth-order valence-electron chi connectivity index (χ4n) is 4.44. The van der Waals surface area contributed by atoms with Crippen LogP contribution in [-0.2, 0) is 9.53 Å². The first-order chi connectivity index (χ1) is 17.7. The van der Waals surface area contributed by atoms with E-state index in [0.29, 0.717) is 70.2 Å². The molecule has 1 fully saturated rings. The van der Waals surface area contributed by atoms with E-state index in [2.05, 4.69) is 10.2 Å². The van der Waals surface area contributed by atoms with E-state index >= 15 is 0 Å². The fraction of sp³-hybridized carbons (Fsp3) is 0.346. The average molecular weight is 566 g/mol. The van der Waals surface area contributed by atoms with Crippen molar-refractivity contribution in [3.63, 3.8) is 0 Å². The molecule has 2 aromatic carbocycles. The van der Waals surface area contributed by atoms with E-state index in [9.17, 15) is 14.4 Å². The van der Waals surface area contributed by atoms with Crippen LogP contribution in [-0.4, -0.2) is 79.0 Å². The molecule has 3 amide bonds. The summed E-state index contributed by atoms with van der Waals surface area (Å²) >= 11 is 18.3. The number of nitrogens with zero attached hydrogens (tertiary/aromatic N) is 3. The maximum atomic E-state index is 13.2. The Kier molecular flexibility index (Phi) is 8.64. The molecule has 0 bridgehead atoms. The lowest BCUT2D eigenvalue weighted by Crippen LogP contribution is -2.53. The van der Waals surface area contributed by atoms with Crippen molar-refractivity contribution in [3.05, 3.63) is 79.9 Å². The van der Waals surface area contributed by atoms with E-state index in [1.807, 2.05) is 0 Å². The van der Waals surface area contributed by atoms with Gasteiger partial charge in [0.2, 0.25) is 0 Å². The third-order valence-electron chi connectivity index (χ3n) is 6.47. The highest BCUT2D eigenvalue weighted by Gasteiger charge is 2.38. The summed E-state index contributed by atoms with van der Waals surface area (Å²) in [6.45, 7) is 4.42. The van der Waals surface area contributed by atoms with Crippen LogP contribution in [0.5, 0.6) is 0 Å². The van der Waals surface area contributed by atoms with E-state index in [4.69, 9.17) is 39.5 Å². The molecular formula is C26H27Cl3N4O4. The summed E-state index contributed by atoms with van der Waals surface area (Å²) in [6, 6.07) is 10.7. The topological polar surface area (TPSA) is 82.2 Å². The molecule has 2 aliphatic heterocycles. The Hall–Kier alpha value is -2.78. The molecule has 2 aliphatic rings. The number of carbonyl (C=O) groups excluding carboxylic acids is 3. The molecule has 0 spiro atoms. The van der Waals surface area contributed by atoms with Crippen molar-refractivity contribution in [2.45, 2.75) is 13.0 Å². The number of ether oxygens (including phenoxy) is 1. The van der Waals surface area contributed by atoms with Crippen molar-refractivity contribution in [2.75, 3.05) is 46.4 Å². The Bertz CT molecular complexity index is 1230. The molecule has 1 N–H and O–H groups in total. The largest absolute Gasteiger partial charge is 0.463 e. The predicted octanol–water partition coefficient (Wildman–Crippen LogP) is 4.62. The number of carbonyl (C=O) groups is 3. The van der Waals surface area contributed by atoms with Crippen LogP contribution in [0.15, 0.2) is 53.7 Å². The number of esters is 1. The number of hydrogen-bond donors (Lipinski definition) is 1. The van der Waals surface area contributed by atoms with Gasteiger partial charge in [0, 0.05) is 56.1 Å². The van der Waals surface area contributed by atoms with Crippen molar-refractivity contribution in [3.8, 4) is 0 Å². The van der Waals surface area contributed by atoms with Gasteiger partial charge in [0.1, 0.15) is 0 Å². The van der Waals surface area contributed by atoms with Crippen molar-refractivity contribution in [2.24, 2.45) is 0 Å². The van der Waals surface area contributed by atoms with Gasteiger partial charge >= 0.3 is 12.0 Å². The number of halogens is 3. The van der Waals surface area contributed by atoms with Gasteiger partial charge in [-0.3, -0.25) is 14.6 Å². The molecule has 0 radical (unpaired) electrons. The maximum Gasteiger partial charge on any atom is 0.338 e. The summed E-state index contributed by atoms with van der Waals surface area (Å²) in [5, 5.41) is 4.14. The van der Waals surface area contributed by atoms with E-state index in [1.54, 1.807) is 61.3 Å². The first kappa shape index (κ1) is 27.3. The van der Waals surface area contributed by atoms with Gasteiger partial charge in [-0.05, 0) is 48.9 Å². The van der Waals surface area contributed by atoms with Crippen LogP contribution in [0.25, 0.3) is 0 Å². The normalized spacial score (nSPS) is 18.6. The van der Waals surface area contributed by atoms with E-state index in [1.165, 1.54) is 4.90 Å². The summed E-state index contributed by atoms with van der Waals surface area (Å²) in [7, 11) is 1.62. The van der Waals surface area contributed by atoms with Crippen molar-refractivity contribution in [1.82, 2.24) is 20.0 Å². The van der Waals surface area contributed by atoms with Crippen LogP contribution in [0.4, 0.5) is 4.79 Å². The van der Waals surface area contributed by atoms with Gasteiger partial charge in [-0.2, -0.15) is 0 Å². The number of nitrogens with one attached hydrogen (secondary N) is 1. The first-order valence-corrected chi connectivity index (χ1v) is 13.0. The van der Waals surface area contributed by atoms with Gasteiger partial charge in [-0.25, -0.2) is 9.59 Å². The number of benzene rings is 2. The second kappa shape index (κ2) is 11.7. The molecule has 11 heteroatoms. The molecule has 2 aromatic rings. The van der Waals surface area contributed by atoms with Gasteiger partial charge in [-0.1, -0.05) is 40.9 Å². The maximum absolute atomic E-state index is 13.2. The zero-order chi connectivity index (χ0) is 26.7. The molecule has 1 unspecified atom stereocenters. The molecule has 8 nitrogen and oxygen atoms in total. The predicted molar refractivity (Wildman–Crippen MR) is 143 cm³/mol. The lowest BCUT2D eigenvalue weighted by atomic mass is 9.94. The Morgan fingerprint density at radius 1 is 1.00 bits per heavy atom. The molecule has 0 saturated carbocycles. The Morgan fingerprint density at radius 3 is 2.30 bits per heavy atom. The van der Waals surface area contributed by atoms with Crippen molar-refractivity contribution in [1.29, 1.82) is 0 Å². The van der Waals surface area contributed by atoms with Gasteiger partial charge in [-0.15, -0.1) is 0 Å². The molecule has 196 valence electrons. The second-order valence-corrected chi connectivity index (χ2v) is 10.0. The van der Waals surface area contributed by atoms with Crippen LogP contribution in [0.3, 0.4) is 0 Å². The standard InChI is InChI=1S/C26H27Cl3N4O4/c1-3-37-25(35)22-21(31(2)26(36)30-23(22)17-6-9-19(28)20(29)14-17)15-32-10-12-33(13-11-32)24(34)16-4-7-18(27)8-5-16/h4-9,14,23H,3,10-13,15H2,1-2H3,(H,30,36). The summed E-state index contributed by atoms with van der Waals surface area (Å²) in [4.78, 5) is 44.3. The summed E-state index contributed by atoms with van der Waals surface area (Å²) in [6.07, 6.45) is 0. The minimum atomic E-state index is -0.750. The first-order valence-electron chi connectivity index (χ1n) is 11.9. The third-order valence-corrected chi connectivity index (χ3v) is 7.46. The number of hydrogen-bond acceptors (Lipinski definition) is 5. The Labute approximate surface area is 230 Å². The van der Waals surface area contributed by atoms with Crippen LogP contribution in [0.2, 0.25) is 15.1 Å². The van der Waals surface area contributed by atoms with Crippen LogP contribution in [0.1, 0.15) is 28.9 Å². The second-order valence-electron chi connectivity index (χ2n) is 8.77. The molecule has 0 aliphatic carbocycles. The SMILES string of the molecule is CCOC(=O)C1=C(CN2CCN(C(=O)c3ccc(Cl)cc3)CC2)N(C)C(=O)NC1c1ccc(Cl)c(Cl)c1. The summed E-state index contributed by atoms with van der Waals surface area (Å²) < 4.78 is 5.38. The van der Waals surface area contributed by atoms with Crippen LogP contribution in [0, 0.1) is 0 Å². The molecular weight excluding hydrogens is 539 g/mol. The Balaban J connectivity index is 1.57. The smallest absolute Gasteiger partial charge is 0.338 e. The van der Waals surface area contributed by atoms with Crippen molar-refractivity contribution < 1.29 is 19.1 Å². The summed E-state index contributed by atoms with van der Waals surface area (Å²) in [5.74, 6) is -0.575. The third kappa shape index (κ3) is 6.04. The number of piperazine rings is 1. The van der Waals surface area contributed by atoms with Gasteiger partial charge in [0.05, 0.1) is 28.3 Å². The Morgan fingerprint density at radius 2 is 1.68 bits per heavy atom. The lowest BCUT2D eigenvalue weighted by Gasteiger charge is -2.39. The van der Waals surface area contributed by atoms with Crippen LogP contribution >= 0.6 is 34.8 Å². The highest BCUT2D eigenvalue weighted by molar-refractivity contribution is 6.42. The zero-order valence-corrected chi connectivity index (χ0v) is 22.7. The van der Waals surface area contributed by atoms with Gasteiger partial charge in [0.15, 0.2) is 0 Å². The number of urea groups is 1. The minimum Gasteiger partial charge on any atom is -0.463 e. The highest BCUT2D eigenvalue weighted by atomic mass is 35.5. The number of rotatable bonds is 6. The fourth-order valence-corrected chi connectivity index (χ4v) is 4.87. The van der Waals surface area contributed by atoms with Gasteiger partial charge < -0.3 is 15.0 Å². The molecule has 2 heterocycles. The molecule has 1 atom stereocenters. The minimum absolute atomic E-state index is 0.0587. The van der Waals surface area contributed by atoms with E-state index in [-0.39, 0.29) is 18.5 Å². The highest BCUT2D eigenvalue weighted by Crippen LogP contribution is 2.34. The number of amides is 3. The molecule has 4 rings (SSSR count). The van der Waals surface area contributed by atoms with E-state index in [0.717, 1.165) is 0 Å². The summed E-state index contributed by atoms with van der Waals surface area (Å²) in [5.41, 5.74) is 2.07.